The summed E-state index contributed by atoms with van der Waals surface area (Å²) in [4.78, 5) is 24.7. The molecule has 0 spiro atoms. The second kappa shape index (κ2) is 9.40. The molecule has 0 unspecified atom stereocenters. The van der Waals surface area contributed by atoms with Crippen LogP contribution in [-0.2, 0) is 11.3 Å². The van der Waals surface area contributed by atoms with Gasteiger partial charge in [0.05, 0.1) is 5.54 Å². The van der Waals surface area contributed by atoms with Crippen molar-refractivity contribution < 1.29 is 9.53 Å². The van der Waals surface area contributed by atoms with Crippen LogP contribution in [0.4, 0.5) is 4.79 Å². The van der Waals surface area contributed by atoms with Crippen molar-refractivity contribution in [3.63, 3.8) is 0 Å². The van der Waals surface area contributed by atoms with E-state index in [9.17, 15) is 4.79 Å². The fraction of sp³-hybridized carbons (Fsp3) is 0.500. The maximum absolute atomic E-state index is 12.0. The molecule has 0 aliphatic carbocycles. The number of guanidine groups is 1. The Labute approximate surface area is 172 Å². The van der Waals surface area contributed by atoms with E-state index >= 15 is 0 Å². The third-order valence-electron chi connectivity index (χ3n) is 3.80. The van der Waals surface area contributed by atoms with Crippen molar-refractivity contribution in [3.05, 3.63) is 42.6 Å². The molecule has 3 N–H and O–H groups in total. The highest BCUT2D eigenvalue weighted by molar-refractivity contribution is 5.79. The van der Waals surface area contributed by atoms with Crippen molar-refractivity contribution in [2.75, 3.05) is 13.6 Å². The van der Waals surface area contributed by atoms with Crippen LogP contribution in [0.3, 0.4) is 0 Å². The van der Waals surface area contributed by atoms with Crippen molar-refractivity contribution in [3.8, 4) is 5.82 Å². The number of amides is 1. The molecule has 2 aromatic rings. The lowest BCUT2D eigenvalue weighted by molar-refractivity contribution is 0.0474. The van der Waals surface area contributed by atoms with Gasteiger partial charge in [-0.3, -0.25) is 9.56 Å². The molecule has 0 radical (unpaired) electrons. The van der Waals surface area contributed by atoms with Crippen LogP contribution in [0.15, 0.2) is 42.0 Å². The van der Waals surface area contributed by atoms with Crippen LogP contribution in [-0.4, -0.2) is 51.3 Å². The molecule has 0 atom stereocenters. The van der Waals surface area contributed by atoms with E-state index in [2.05, 4.69) is 30.9 Å². The molecular weight excluding hydrogens is 370 g/mol. The van der Waals surface area contributed by atoms with Crippen LogP contribution in [0.25, 0.3) is 5.82 Å². The predicted molar refractivity (Wildman–Crippen MR) is 113 cm³/mol. The zero-order chi connectivity index (χ0) is 21.5. The summed E-state index contributed by atoms with van der Waals surface area (Å²) in [5.74, 6) is 1.44. The molecule has 9 nitrogen and oxygen atoms in total. The molecule has 0 aliphatic heterocycles. The second-order valence-electron chi connectivity index (χ2n) is 8.28. The molecule has 0 saturated heterocycles. The highest BCUT2D eigenvalue weighted by atomic mass is 16.6. The van der Waals surface area contributed by atoms with E-state index in [1.807, 2.05) is 63.7 Å². The molecule has 2 rings (SSSR count). The van der Waals surface area contributed by atoms with Crippen molar-refractivity contribution >= 4 is 12.1 Å². The maximum Gasteiger partial charge on any atom is 0.408 e. The summed E-state index contributed by atoms with van der Waals surface area (Å²) in [6.45, 7) is 10.4. The Morgan fingerprint density at radius 1 is 1.21 bits per heavy atom. The van der Waals surface area contributed by atoms with E-state index in [0.717, 1.165) is 11.4 Å². The highest BCUT2D eigenvalue weighted by Gasteiger charge is 2.24. The first-order chi connectivity index (χ1) is 13.6. The Morgan fingerprint density at radius 3 is 2.52 bits per heavy atom. The summed E-state index contributed by atoms with van der Waals surface area (Å²) in [7, 11) is 1.70. The van der Waals surface area contributed by atoms with E-state index in [1.54, 1.807) is 19.6 Å². The molecule has 2 heterocycles. The Bertz CT molecular complexity index is 806. The van der Waals surface area contributed by atoms with Gasteiger partial charge in [0.2, 0.25) is 0 Å². The zero-order valence-corrected chi connectivity index (χ0v) is 18.0. The van der Waals surface area contributed by atoms with Gasteiger partial charge in [-0.1, -0.05) is 6.07 Å². The fourth-order valence-corrected chi connectivity index (χ4v) is 2.40. The topological polar surface area (TPSA) is 105 Å². The van der Waals surface area contributed by atoms with Crippen LogP contribution in [0.1, 0.15) is 40.2 Å². The molecule has 0 saturated carbocycles. The van der Waals surface area contributed by atoms with Gasteiger partial charge in [-0.15, -0.1) is 0 Å². The molecule has 0 aromatic carbocycles. The van der Waals surface area contributed by atoms with E-state index in [0.29, 0.717) is 19.0 Å². The van der Waals surface area contributed by atoms with Gasteiger partial charge in [-0.2, -0.15) is 0 Å². The maximum atomic E-state index is 12.0. The molecule has 158 valence electrons. The number of nitrogens with zero attached hydrogens (tertiary/aromatic N) is 4. The first-order valence-electron chi connectivity index (χ1n) is 9.47. The smallest absolute Gasteiger partial charge is 0.408 e. The van der Waals surface area contributed by atoms with Gasteiger partial charge in [0.15, 0.2) is 5.96 Å². The first kappa shape index (κ1) is 22.2. The van der Waals surface area contributed by atoms with E-state index in [1.165, 1.54) is 0 Å². The number of aliphatic imine (C=N–C) groups is 1. The Morgan fingerprint density at radius 2 is 1.97 bits per heavy atom. The third-order valence-corrected chi connectivity index (χ3v) is 3.80. The summed E-state index contributed by atoms with van der Waals surface area (Å²) in [5.41, 5.74) is -0.0383. The van der Waals surface area contributed by atoms with Crippen LogP contribution in [0, 0.1) is 0 Å². The van der Waals surface area contributed by atoms with Crippen LogP contribution in [0.2, 0.25) is 0 Å². The minimum atomic E-state index is -0.535. The summed E-state index contributed by atoms with van der Waals surface area (Å²) in [6, 6.07) is 3.93. The Hall–Kier alpha value is -3.10. The van der Waals surface area contributed by atoms with E-state index in [-0.39, 0.29) is 0 Å². The summed E-state index contributed by atoms with van der Waals surface area (Å²) in [5, 5.41) is 9.32. The molecule has 29 heavy (non-hydrogen) atoms. The molecule has 0 bridgehead atoms. The Kier molecular flexibility index (Phi) is 7.19. The number of alkyl carbamates (subject to hydrolysis) is 1. The molecule has 1 amide bonds. The number of hydrogen-bond acceptors (Lipinski definition) is 5. The number of nitrogens with one attached hydrogen (secondary N) is 3. The third kappa shape index (κ3) is 7.81. The standard InChI is InChI=1S/C20H31N7O2/c1-19(2,3)29-18(28)26-20(4,5)13-25-17(21-6)24-12-15-7-8-16(23-11-15)27-10-9-22-14-27/h7-11,14H,12-13H2,1-6H3,(H,26,28)(H2,21,24,25). The van der Waals surface area contributed by atoms with Gasteiger partial charge in [0.25, 0.3) is 0 Å². The average Bonchev–Trinajstić information content (AvgIpc) is 3.14. The number of rotatable bonds is 6. The largest absolute Gasteiger partial charge is 0.444 e. The van der Waals surface area contributed by atoms with Crippen molar-refractivity contribution in [2.24, 2.45) is 4.99 Å². The molecule has 0 fully saturated rings. The quantitative estimate of drug-likeness (QED) is 0.506. The van der Waals surface area contributed by atoms with Crippen LogP contribution in [0.5, 0.6) is 0 Å². The zero-order valence-electron chi connectivity index (χ0n) is 18.0. The van der Waals surface area contributed by atoms with Gasteiger partial charge in [0.1, 0.15) is 17.7 Å². The summed E-state index contributed by atoms with van der Waals surface area (Å²) < 4.78 is 7.16. The van der Waals surface area contributed by atoms with Crippen molar-refractivity contribution in [2.45, 2.75) is 52.3 Å². The number of imidazole rings is 1. The van der Waals surface area contributed by atoms with Gasteiger partial charge < -0.3 is 20.7 Å². The molecule has 2 aromatic heterocycles. The van der Waals surface area contributed by atoms with E-state index in [4.69, 9.17) is 4.74 Å². The number of pyridine rings is 1. The van der Waals surface area contributed by atoms with Gasteiger partial charge in [0, 0.05) is 38.7 Å². The Balaban J connectivity index is 1.82. The van der Waals surface area contributed by atoms with Crippen molar-refractivity contribution in [1.82, 2.24) is 30.5 Å². The number of hydrogen-bond donors (Lipinski definition) is 3. The number of carbonyl (C=O) groups is 1. The average molecular weight is 402 g/mol. The summed E-state index contributed by atoms with van der Waals surface area (Å²) >= 11 is 0. The lowest BCUT2D eigenvalue weighted by Crippen LogP contribution is -2.54. The lowest BCUT2D eigenvalue weighted by atomic mass is 10.1. The normalized spacial score (nSPS) is 12.4. The number of ether oxygens (including phenoxy) is 1. The van der Waals surface area contributed by atoms with Crippen LogP contribution >= 0.6 is 0 Å². The van der Waals surface area contributed by atoms with Crippen LogP contribution < -0.4 is 16.0 Å². The van der Waals surface area contributed by atoms with Gasteiger partial charge in [-0.25, -0.2) is 14.8 Å². The second-order valence-corrected chi connectivity index (χ2v) is 8.28. The SMILES string of the molecule is CN=C(NCc1ccc(-n2ccnc2)nc1)NCC(C)(C)NC(=O)OC(C)(C)C. The fourth-order valence-electron chi connectivity index (χ4n) is 2.40. The van der Waals surface area contributed by atoms with Gasteiger partial charge >= 0.3 is 6.09 Å². The summed E-state index contributed by atoms with van der Waals surface area (Å²) in [6.07, 6.45) is 6.63. The molecule has 0 aliphatic rings. The van der Waals surface area contributed by atoms with E-state index < -0.39 is 17.2 Å². The first-order valence-corrected chi connectivity index (χ1v) is 9.47. The number of aromatic nitrogens is 3. The van der Waals surface area contributed by atoms with Gasteiger partial charge in [-0.05, 0) is 46.2 Å². The molecule has 9 heteroatoms. The minimum absolute atomic E-state index is 0.448. The minimum Gasteiger partial charge on any atom is -0.444 e. The predicted octanol–water partition coefficient (Wildman–Crippen LogP) is 2.24. The lowest BCUT2D eigenvalue weighted by Gasteiger charge is -2.29. The molecular formula is C20H31N7O2. The number of carbonyl (C=O) groups excluding carboxylic acids is 1. The highest BCUT2D eigenvalue weighted by Crippen LogP contribution is 2.09. The monoisotopic (exact) mass is 401 g/mol. The van der Waals surface area contributed by atoms with Crippen molar-refractivity contribution in [1.29, 1.82) is 0 Å².